The van der Waals surface area contributed by atoms with Gasteiger partial charge in [0.25, 0.3) is 0 Å². The molecule has 0 aliphatic heterocycles. The van der Waals surface area contributed by atoms with E-state index in [-0.39, 0.29) is 6.03 Å². The topological polar surface area (TPSA) is 63.2 Å². The smallest absolute Gasteiger partial charge is 0.321 e. The van der Waals surface area contributed by atoms with Crippen LogP contribution < -0.4 is 10.6 Å². The molecular formula is C13H21N3O2S. The minimum Gasteiger partial charge on any atom is -0.385 e. The van der Waals surface area contributed by atoms with Crippen molar-refractivity contribution in [2.45, 2.75) is 38.5 Å². The average Bonchev–Trinajstić information content (AvgIpc) is 2.64. The van der Waals surface area contributed by atoms with E-state index in [1.54, 1.807) is 18.4 Å². The number of amides is 2. The molecule has 0 bridgehead atoms. The Morgan fingerprint density at radius 2 is 2.21 bits per heavy atom. The van der Waals surface area contributed by atoms with Crippen molar-refractivity contribution in [3.63, 3.8) is 0 Å². The number of fused-ring (bicyclic) bond motifs is 1. The fourth-order valence-electron chi connectivity index (χ4n) is 2.14. The summed E-state index contributed by atoms with van der Waals surface area (Å²) < 4.78 is 4.93. The van der Waals surface area contributed by atoms with Gasteiger partial charge in [-0.2, -0.15) is 0 Å². The van der Waals surface area contributed by atoms with E-state index in [1.165, 1.54) is 29.8 Å². The van der Waals surface area contributed by atoms with Crippen LogP contribution in [0.5, 0.6) is 0 Å². The number of thiazole rings is 1. The number of urea groups is 1. The molecule has 106 valence electrons. The summed E-state index contributed by atoms with van der Waals surface area (Å²) in [6.45, 7) is 1.27. The lowest BCUT2D eigenvalue weighted by Gasteiger charge is -2.04. The van der Waals surface area contributed by atoms with Crippen LogP contribution in [0.1, 0.15) is 36.3 Å². The number of aromatic nitrogens is 1. The van der Waals surface area contributed by atoms with Gasteiger partial charge >= 0.3 is 6.03 Å². The van der Waals surface area contributed by atoms with Crippen molar-refractivity contribution in [1.29, 1.82) is 0 Å². The van der Waals surface area contributed by atoms with Crippen LogP contribution >= 0.6 is 11.3 Å². The number of ether oxygens (including phenoxy) is 1. The highest BCUT2D eigenvalue weighted by Gasteiger charge is 2.15. The first kappa shape index (κ1) is 14.3. The molecule has 6 heteroatoms. The van der Waals surface area contributed by atoms with Gasteiger partial charge in [0.05, 0.1) is 5.69 Å². The molecule has 0 atom stereocenters. The molecule has 1 aromatic rings. The Morgan fingerprint density at radius 1 is 1.37 bits per heavy atom. The van der Waals surface area contributed by atoms with Gasteiger partial charge in [-0.1, -0.05) is 6.42 Å². The number of nitrogens with zero attached hydrogens (tertiary/aromatic N) is 1. The van der Waals surface area contributed by atoms with E-state index in [4.69, 9.17) is 4.74 Å². The SMILES string of the molecule is COCCCNC(=O)Nc1nc2c(s1)CCCCC2. The Bertz CT molecular complexity index is 397. The third-order valence-corrected chi connectivity index (χ3v) is 4.20. The highest BCUT2D eigenvalue weighted by atomic mass is 32.1. The Hall–Kier alpha value is -1.14. The summed E-state index contributed by atoms with van der Waals surface area (Å²) in [5.74, 6) is 0. The summed E-state index contributed by atoms with van der Waals surface area (Å²) in [4.78, 5) is 17.5. The molecule has 1 aromatic heterocycles. The molecule has 0 aromatic carbocycles. The molecule has 0 unspecified atom stereocenters. The summed E-state index contributed by atoms with van der Waals surface area (Å²) in [7, 11) is 1.66. The van der Waals surface area contributed by atoms with Crippen LogP contribution in [0, 0.1) is 0 Å². The standard InChI is InChI=1S/C13H21N3O2S/c1-18-9-5-8-14-12(17)16-13-15-10-6-3-2-4-7-11(10)19-13/h2-9H2,1H3,(H2,14,15,16,17). The van der Waals surface area contributed by atoms with Gasteiger partial charge in [-0.15, -0.1) is 11.3 Å². The first-order valence-electron chi connectivity index (χ1n) is 6.82. The number of carbonyl (C=O) groups is 1. The molecule has 2 N–H and O–H groups in total. The summed E-state index contributed by atoms with van der Waals surface area (Å²) in [6.07, 6.45) is 6.69. The molecule has 0 fully saturated rings. The van der Waals surface area contributed by atoms with Gasteiger partial charge in [-0.3, -0.25) is 5.32 Å². The van der Waals surface area contributed by atoms with Gasteiger partial charge in [0.1, 0.15) is 0 Å². The number of hydrogen-bond acceptors (Lipinski definition) is 4. The van der Waals surface area contributed by atoms with Crippen LogP contribution in [0.25, 0.3) is 0 Å². The van der Waals surface area contributed by atoms with E-state index in [9.17, 15) is 4.79 Å². The summed E-state index contributed by atoms with van der Waals surface area (Å²) in [5.41, 5.74) is 1.18. The summed E-state index contributed by atoms with van der Waals surface area (Å²) in [5, 5.41) is 6.33. The van der Waals surface area contributed by atoms with Crippen LogP contribution in [0.15, 0.2) is 0 Å². The largest absolute Gasteiger partial charge is 0.385 e. The van der Waals surface area contributed by atoms with Crippen molar-refractivity contribution in [3.05, 3.63) is 10.6 Å². The van der Waals surface area contributed by atoms with Gasteiger partial charge in [0, 0.05) is 25.1 Å². The minimum absolute atomic E-state index is 0.181. The molecular weight excluding hydrogens is 262 g/mol. The van der Waals surface area contributed by atoms with Crippen LogP contribution in [0.4, 0.5) is 9.93 Å². The van der Waals surface area contributed by atoms with E-state index >= 15 is 0 Å². The van der Waals surface area contributed by atoms with E-state index in [1.807, 2.05) is 0 Å². The van der Waals surface area contributed by atoms with Gasteiger partial charge < -0.3 is 10.1 Å². The number of hydrogen-bond donors (Lipinski definition) is 2. The fraction of sp³-hybridized carbons (Fsp3) is 0.692. The number of rotatable bonds is 5. The maximum atomic E-state index is 11.7. The molecule has 1 heterocycles. The van der Waals surface area contributed by atoms with Crippen LogP contribution in [-0.2, 0) is 17.6 Å². The highest BCUT2D eigenvalue weighted by molar-refractivity contribution is 7.15. The summed E-state index contributed by atoms with van der Waals surface area (Å²) >= 11 is 1.61. The number of aryl methyl sites for hydroxylation is 2. The number of methoxy groups -OCH3 is 1. The molecule has 2 rings (SSSR count). The van der Waals surface area contributed by atoms with Gasteiger partial charge in [-0.05, 0) is 32.1 Å². The molecule has 0 spiro atoms. The lowest BCUT2D eigenvalue weighted by molar-refractivity contribution is 0.194. The Labute approximate surface area is 117 Å². The number of carbonyl (C=O) groups excluding carboxylic acids is 1. The number of nitrogens with one attached hydrogen (secondary N) is 2. The lowest BCUT2D eigenvalue weighted by atomic mass is 10.2. The second kappa shape index (κ2) is 7.45. The normalized spacial score (nSPS) is 14.6. The molecule has 0 saturated carbocycles. The Kier molecular flexibility index (Phi) is 5.60. The fourth-order valence-corrected chi connectivity index (χ4v) is 3.19. The van der Waals surface area contributed by atoms with E-state index in [0.29, 0.717) is 13.2 Å². The first-order chi connectivity index (χ1) is 9.29. The maximum Gasteiger partial charge on any atom is 0.321 e. The quantitative estimate of drug-likeness (QED) is 0.645. The molecule has 0 saturated heterocycles. The monoisotopic (exact) mass is 283 g/mol. The van der Waals surface area contributed by atoms with Crippen LogP contribution in [0.3, 0.4) is 0 Å². The van der Waals surface area contributed by atoms with Crippen molar-refractivity contribution in [1.82, 2.24) is 10.3 Å². The first-order valence-corrected chi connectivity index (χ1v) is 7.63. The number of anilines is 1. The maximum absolute atomic E-state index is 11.7. The molecule has 2 amide bonds. The zero-order chi connectivity index (χ0) is 13.5. The van der Waals surface area contributed by atoms with Gasteiger partial charge in [0.2, 0.25) is 0 Å². The third kappa shape index (κ3) is 4.47. The molecule has 1 aliphatic rings. The highest BCUT2D eigenvalue weighted by Crippen LogP contribution is 2.28. The van der Waals surface area contributed by atoms with E-state index < -0.39 is 0 Å². The molecule has 1 aliphatic carbocycles. The molecule has 19 heavy (non-hydrogen) atoms. The summed E-state index contributed by atoms with van der Waals surface area (Å²) in [6, 6.07) is -0.181. The van der Waals surface area contributed by atoms with E-state index in [0.717, 1.165) is 24.4 Å². The molecule has 0 radical (unpaired) electrons. The van der Waals surface area contributed by atoms with Crippen LogP contribution in [-0.4, -0.2) is 31.3 Å². The van der Waals surface area contributed by atoms with E-state index in [2.05, 4.69) is 15.6 Å². The van der Waals surface area contributed by atoms with Crippen LogP contribution in [0.2, 0.25) is 0 Å². The lowest BCUT2D eigenvalue weighted by Crippen LogP contribution is -2.30. The Balaban J connectivity index is 1.80. The third-order valence-electron chi connectivity index (χ3n) is 3.13. The second-order valence-electron chi connectivity index (χ2n) is 4.68. The predicted octanol–water partition coefficient (Wildman–Crippen LogP) is 2.57. The zero-order valence-electron chi connectivity index (χ0n) is 11.3. The minimum atomic E-state index is -0.181. The van der Waals surface area contributed by atoms with Gasteiger partial charge in [0.15, 0.2) is 5.13 Å². The van der Waals surface area contributed by atoms with Crippen molar-refractivity contribution in [3.8, 4) is 0 Å². The van der Waals surface area contributed by atoms with Gasteiger partial charge in [-0.25, -0.2) is 9.78 Å². The van der Waals surface area contributed by atoms with Crippen molar-refractivity contribution in [2.24, 2.45) is 0 Å². The predicted molar refractivity (Wildman–Crippen MR) is 76.9 cm³/mol. The average molecular weight is 283 g/mol. The molecule has 5 nitrogen and oxygen atoms in total. The van der Waals surface area contributed by atoms with Crippen molar-refractivity contribution >= 4 is 22.5 Å². The second-order valence-corrected chi connectivity index (χ2v) is 5.76. The Morgan fingerprint density at radius 3 is 3.05 bits per heavy atom. The van der Waals surface area contributed by atoms with Crippen molar-refractivity contribution in [2.75, 3.05) is 25.6 Å². The van der Waals surface area contributed by atoms with Crippen molar-refractivity contribution < 1.29 is 9.53 Å². The zero-order valence-corrected chi connectivity index (χ0v) is 12.1.